The van der Waals surface area contributed by atoms with Crippen LogP contribution in [0.5, 0.6) is 0 Å². The molecule has 130 valence electrons. The highest BCUT2D eigenvalue weighted by Gasteiger charge is 2.57. The van der Waals surface area contributed by atoms with Gasteiger partial charge in [-0.25, -0.2) is 0 Å². The number of likely N-dealkylation sites (tertiary alicyclic amines) is 1. The first-order valence-corrected chi connectivity index (χ1v) is 7.93. The molecule has 0 aromatic rings. The van der Waals surface area contributed by atoms with Crippen LogP contribution in [0, 0.1) is 0 Å². The van der Waals surface area contributed by atoms with Crippen molar-refractivity contribution in [1.29, 1.82) is 0 Å². The van der Waals surface area contributed by atoms with Gasteiger partial charge >= 0.3 is 5.97 Å². The molecule has 2 saturated heterocycles. The van der Waals surface area contributed by atoms with E-state index in [0.29, 0.717) is 19.4 Å². The van der Waals surface area contributed by atoms with E-state index in [2.05, 4.69) is 6.58 Å². The van der Waals surface area contributed by atoms with Crippen LogP contribution in [0.3, 0.4) is 0 Å². The van der Waals surface area contributed by atoms with Crippen molar-refractivity contribution in [3.63, 3.8) is 0 Å². The van der Waals surface area contributed by atoms with Crippen molar-refractivity contribution in [3.05, 3.63) is 12.7 Å². The van der Waals surface area contributed by atoms with Crippen molar-refractivity contribution in [3.8, 4) is 0 Å². The van der Waals surface area contributed by atoms with Crippen molar-refractivity contribution in [2.24, 2.45) is 0 Å². The van der Waals surface area contributed by atoms with Crippen molar-refractivity contribution in [2.75, 3.05) is 13.2 Å². The monoisotopic (exact) mass is 325 g/mol. The van der Waals surface area contributed by atoms with Crippen LogP contribution in [-0.4, -0.2) is 53.0 Å². The summed E-state index contributed by atoms with van der Waals surface area (Å²) in [6.45, 7) is 13.6. The lowest BCUT2D eigenvalue weighted by molar-refractivity contribution is -0.244. The summed E-state index contributed by atoms with van der Waals surface area (Å²) in [5.74, 6) is -1.18. The zero-order chi connectivity index (χ0) is 17.5. The summed E-state index contributed by atoms with van der Waals surface area (Å²) in [5.41, 5.74) is -0.882. The molecule has 1 amide bonds. The standard InChI is InChI=1S/C17H27NO5/c1-7-14(20)18-15(3,4)10-17(11-16(18,5)6)22-9-13(23-17)8-21-12(2)19/h7,13H,1,8-11H2,2-6H3. The van der Waals surface area contributed by atoms with E-state index in [1.54, 1.807) is 0 Å². The molecule has 2 heterocycles. The number of carbonyl (C=O) groups is 2. The molecule has 0 N–H and O–H groups in total. The summed E-state index contributed by atoms with van der Waals surface area (Å²) >= 11 is 0. The summed E-state index contributed by atoms with van der Waals surface area (Å²) in [7, 11) is 0. The Balaban J connectivity index is 2.17. The number of esters is 1. The first-order chi connectivity index (χ1) is 10.5. The average molecular weight is 325 g/mol. The number of nitrogens with zero attached hydrogens (tertiary/aromatic N) is 1. The molecule has 0 saturated carbocycles. The number of hydrogen-bond acceptors (Lipinski definition) is 5. The fourth-order valence-corrected chi connectivity index (χ4v) is 4.14. The van der Waals surface area contributed by atoms with Crippen LogP contribution in [-0.2, 0) is 23.8 Å². The lowest BCUT2D eigenvalue weighted by Crippen LogP contribution is -2.67. The minimum Gasteiger partial charge on any atom is -0.463 e. The van der Waals surface area contributed by atoms with Gasteiger partial charge in [-0.15, -0.1) is 0 Å². The third-order valence-corrected chi connectivity index (χ3v) is 4.40. The van der Waals surface area contributed by atoms with Gasteiger partial charge in [-0.2, -0.15) is 0 Å². The van der Waals surface area contributed by atoms with Gasteiger partial charge in [-0.05, 0) is 33.8 Å². The number of ether oxygens (including phenoxy) is 3. The Morgan fingerprint density at radius 3 is 2.30 bits per heavy atom. The van der Waals surface area contributed by atoms with Gasteiger partial charge in [0, 0.05) is 30.8 Å². The molecular weight excluding hydrogens is 298 g/mol. The zero-order valence-corrected chi connectivity index (χ0v) is 14.7. The number of piperidine rings is 1. The van der Waals surface area contributed by atoms with Crippen LogP contribution in [0.1, 0.15) is 47.5 Å². The van der Waals surface area contributed by atoms with Gasteiger partial charge in [0.25, 0.3) is 0 Å². The SMILES string of the molecule is C=CC(=O)N1C(C)(C)CC2(CC1(C)C)OCC(COC(C)=O)O2. The molecular formula is C17H27NO5. The zero-order valence-electron chi connectivity index (χ0n) is 14.7. The molecule has 0 radical (unpaired) electrons. The highest BCUT2D eigenvalue weighted by molar-refractivity contribution is 5.88. The Hall–Kier alpha value is -1.40. The number of hydrogen-bond donors (Lipinski definition) is 0. The van der Waals surface area contributed by atoms with E-state index in [4.69, 9.17) is 14.2 Å². The Kier molecular flexibility index (Phi) is 4.61. The third kappa shape index (κ3) is 3.58. The van der Waals surface area contributed by atoms with Crippen LogP contribution in [0.4, 0.5) is 0 Å². The summed E-state index contributed by atoms with van der Waals surface area (Å²) in [6.07, 6.45) is 2.19. The molecule has 0 aliphatic carbocycles. The minimum absolute atomic E-state index is 0.0932. The molecule has 6 heteroatoms. The van der Waals surface area contributed by atoms with Gasteiger partial charge in [0.2, 0.25) is 5.91 Å². The van der Waals surface area contributed by atoms with Crippen LogP contribution in [0.25, 0.3) is 0 Å². The van der Waals surface area contributed by atoms with Crippen LogP contribution < -0.4 is 0 Å². The van der Waals surface area contributed by atoms with E-state index < -0.39 is 16.9 Å². The first kappa shape index (κ1) is 17.9. The highest BCUT2D eigenvalue weighted by Crippen LogP contribution is 2.48. The average Bonchev–Trinajstić information content (AvgIpc) is 2.75. The molecule has 23 heavy (non-hydrogen) atoms. The topological polar surface area (TPSA) is 65.1 Å². The van der Waals surface area contributed by atoms with E-state index in [-0.39, 0.29) is 24.6 Å². The van der Waals surface area contributed by atoms with Gasteiger partial charge in [-0.3, -0.25) is 9.59 Å². The van der Waals surface area contributed by atoms with Crippen molar-refractivity contribution in [2.45, 2.75) is 70.4 Å². The minimum atomic E-state index is -0.754. The molecule has 1 spiro atoms. The molecule has 0 aromatic heterocycles. The Morgan fingerprint density at radius 2 is 1.83 bits per heavy atom. The fraction of sp³-hybridized carbons (Fsp3) is 0.765. The molecule has 0 aromatic carbocycles. The molecule has 0 bridgehead atoms. The summed E-state index contributed by atoms with van der Waals surface area (Å²) in [4.78, 5) is 25.1. The Labute approximate surface area is 137 Å². The number of carbonyl (C=O) groups excluding carboxylic acids is 2. The van der Waals surface area contributed by atoms with Crippen molar-refractivity contribution >= 4 is 11.9 Å². The summed E-state index contributed by atoms with van der Waals surface area (Å²) in [5, 5.41) is 0. The molecule has 2 aliphatic rings. The molecule has 2 rings (SSSR count). The van der Waals surface area contributed by atoms with Gasteiger partial charge < -0.3 is 19.1 Å². The number of rotatable bonds is 3. The van der Waals surface area contributed by atoms with E-state index in [0.717, 1.165) is 0 Å². The predicted octanol–water partition coefficient (Wildman–Crippen LogP) is 2.03. The molecule has 1 atom stereocenters. The lowest BCUT2D eigenvalue weighted by atomic mass is 9.76. The Morgan fingerprint density at radius 1 is 1.26 bits per heavy atom. The van der Waals surface area contributed by atoms with Gasteiger partial charge in [0.15, 0.2) is 5.79 Å². The number of amides is 1. The molecule has 1 unspecified atom stereocenters. The summed E-state index contributed by atoms with van der Waals surface area (Å²) < 4.78 is 17.1. The van der Waals surface area contributed by atoms with Crippen LogP contribution in [0.15, 0.2) is 12.7 Å². The first-order valence-electron chi connectivity index (χ1n) is 7.93. The molecule has 6 nitrogen and oxygen atoms in total. The van der Waals surface area contributed by atoms with Gasteiger partial charge in [0.1, 0.15) is 12.7 Å². The highest BCUT2D eigenvalue weighted by atomic mass is 16.8. The van der Waals surface area contributed by atoms with Crippen molar-refractivity contribution < 1.29 is 23.8 Å². The van der Waals surface area contributed by atoms with Gasteiger partial charge in [-0.1, -0.05) is 6.58 Å². The Bertz CT molecular complexity index is 493. The second-order valence-corrected chi connectivity index (χ2v) is 7.62. The second kappa shape index (κ2) is 5.91. The lowest BCUT2D eigenvalue weighted by Gasteiger charge is -2.57. The smallest absolute Gasteiger partial charge is 0.302 e. The van der Waals surface area contributed by atoms with Gasteiger partial charge in [0.05, 0.1) is 6.61 Å². The van der Waals surface area contributed by atoms with Crippen LogP contribution >= 0.6 is 0 Å². The second-order valence-electron chi connectivity index (χ2n) is 7.62. The van der Waals surface area contributed by atoms with E-state index >= 15 is 0 Å². The maximum atomic E-state index is 12.3. The fourth-order valence-electron chi connectivity index (χ4n) is 4.14. The normalized spacial score (nSPS) is 27.7. The maximum absolute atomic E-state index is 12.3. The maximum Gasteiger partial charge on any atom is 0.302 e. The molecule has 2 aliphatic heterocycles. The largest absolute Gasteiger partial charge is 0.463 e. The summed E-state index contributed by atoms with van der Waals surface area (Å²) in [6, 6.07) is 0. The van der Waals surface area contributed by atoms with E-state index in [1.165, 1.54) is 13.0 Å². The quantitative estimate of drug-likeness (QED) is 0.587. The van der Waals surface area contributed by atoms with Crippen molar-refractivity contribution in [1.82, 2.24) is 4.90 Å². The van der Waals surface area contributed by atoms with Crippen LogP contribution in [0.2, 0.25) is 0 Å². The predicted molar refractivity (Wildman–Crippen MR) is 84.6 cm³/mol. The van der Waals surface area contributed by atoms with E-state index in [9.17, 15) is 9.59 Å². The van der Waals surface area contributed by atoms with E-state index in [1.807, 2.05) is 32.6 Å². The molecule has 2 fully saturated rings. The third-order valence-electron chi connectivity index (χ3n) is 4.40.